The molecular weight excluding hydrogens is 258 g/mol. The minimum Gasteiger partial charge on any atom is -0.439 e. The SMILES string of the molecule is Cc1c(Oc2ccc([N+](=O)[O-])cn2)ccnc1Cl. The Labute approximate surface area is 107 Å². The Morgan fingerprint density at radius 3 is 2.72 bits per heavy atom. The van der Waals surface area contributed by atoms with Crippen LogP contribution in [0.25, 0.3) is 0 Å². The summed E-state index contributed by atoms with van der Waals surface area (Å²) in [6.45, 7) is 1.76. The summed E-state index contributed by atoms with van der Waals surface area (Å²) < 4.78 is 5.47. The predicted molar refractivity (Wildman–Crippen MR) is 64.9 cm³/mol. The molecule has 0 aromatic carbocycles. The van der Waals surface area contributed by atoms with E-state index in [0.29, 0.717) is 16.5 Å². The molecule has 2 rings (SSSR count). The second-order valence-electron chi connectivity index (χ2n) is 3.44. The van der Waals surface area contributed by atoms with Crippen LogP contribution in [-0.2, 0) is 0 Å². The van der Waals surface area contributed by atoms with Crippen molar-refractivity contribution in [2.45, 2.75) is 6.92 Å². The van der Waals surface area contributed by atoms with E-state index in [2.05, 4.69) is 9.97 Å². The highest BCUT2D eigenvalue weighted by Crippen LogP contribution is 2.27. The van der Waals surface area contributed by atoms with E-state index in [1.165, 1.54) is 18.3 Å². The molecule has 2 aromatic rings. The Morgan fingerprint density at radius 2 is 2.11 bits per heavy atom. The van der Waals surface area contributed by atoms with Crippen LogP contribution in [0.1, 0.15) is 5.56 Å². The molecule has 92 valence electrons. The van der Waals surface area contributed by atoms with Crippen LogP contribution in [0.4, 0.5) is 5.69 Å². The molecule has 0 N–H and O–H groups in total. The first kappa shape index (κ1) is 12.3. The third-order valence-corrected chi connectivity index (χ3v) is 2.62. The molecule has 6 nitrogen and oxygen atoms in total. The molecule has 0 radical (unpaired) electrons. The quantitative estimate of drug-likeness (QED) is 0.484. The maximum Gasteiger partial charge on any atom is 0.287 e. The van der Waals surface area contributed by atoms with Crippen molar-refractivity contribution in [2.24, 2.45) is 0 Å². The molecular formula is C11H8ClN3O3. The van der Waals surface area contributed by atoms with E-state index >= 15 is 0 Å². The molecule has 0 saturated carbocycles. The lowest BCUT2D eigenvalue weighted by atomic mass is 10.3. The van der Waals surface area contributed by atoms with Crippen LogP contribution in [0.5, 0.6) is 11.6 Å². The summed E-state index contributed by atoms with van der Waals surface area (Å²) in [5.41, 5.74) is 0.589. The van der Waals surface area contributed by atoms with Gasteiger partial charge in [0.25, 0.3) is 5.69 Å². The van der Waals surface area contributed by atoms with Gasteiger partial charge in [0, 0.05) is 23.9 Å². The first-order valence-electron chi connectivity index (χ1n) is 4.97. The van der Waals surface area contributed by atoms with Crippen LogP contribution >= 0.6 is 11.6 Å². The van der Waals surface area contributed by atoms with Crippen molar-refractivity contribution in [1.29, 1.82) is 0 Å². The third-order valence-electron chi connectivity index (χ3n) is 2.24. The fourth-order valence-electron chi connectivity index (χ4n) is 1.26. The van der Waals surface area contributed by atoms with Gasteiger partial charge in [-0.3, -0.25) is 10.1 Å². The Morgan fingerprint density at radius 1 is 1.33 bits per heavy atom. The van der Waals surface area contributed by atoms with Crippen molar-refractivity contribution in [3.05, 3.63) is 51.4 Å². The standard InChI is InChI=1S/C11H8ClN3O3/c1-7-9(4-5-13-11(7)12)18-10-3-2-8(6-14-10)15(16)17/h2-6H,1H3. The summed E-state index contributed by atoms with van der Waals surface area (Å²) in [6.07, 6.45) is 2.64. The van der Waals surface area contributed by atoms with Crippen molar-refractivity contribution in [3.63, 3.8) is 0 Å². The largest absolute Gasteiger partial charge is 0.439 e. The monoisotopic (exact) mass is 265 g/mol. The molecule has 18 heavy (non-hydrogen) atoms. The molecule has 0 amide bonds. The molecule has 2 aromatic heterocycles. The van der Waals surface area contributed by atoms with E-state index < -0.39 is 4.92 Å². The zero-order valence-electron chi connectivity index (χ0n) is 9.33. The number of rotatable bonds is 3. The second-order valence-corrected chi connectivity index (χ2v) is 3.80. The summed E-state index contributed by atoms with van der Waals surface area (Å²) >= 11 is 5.85. The lowest BCUT2D eigenvalue weighted by Gasteiger charge is -2.07. The molecule has 2 heterocycles. The van der Waals surface area contributed by atoms with E-state index in [0.717, 1.165) is 6.20 Å². The number of nitrogens with zero attached hydrogens (tertiary/aromatic N) is 3. The average Bonchev–Trinajstić information content (AvgIpc) is 2.36. The molecule has 0 aliphatic rings. The van der Waals surface area contributed by atoms with Crippen LogP contribution in [0.15, 0.2) is 30.6 Å². The van der Waals surface area contributed by atoms with Crippen LogP contribution < -0.4 is 4.74 Å². The van der Waals surface area contributed by atoms with E-state index in [4.69, 9.17) is 16.3 Å². The fourth-order valence-corrected chi connectivity index (χ4v) is 1.41. The lowest BCUT2D eigenvalue weighted by molar-refractivity contribution is -0.385. The molecule has 0 aliphatic heterocycles. The van der Waals surface area contributed by atoms with Gasteiger partial charge in [0.05, 0.1) is 4.92 Å². The molecule has 0 saturated heterocycles. The number of aromatic nitrogens is 2. The maximum absolute atomic E-state index is 10.5. The summed E-state index contributed by atoms with van der Waals surface area (Å²) in [6, 6.07) is 4.39. The average molecular weight is 266 g/mol. The van der Waals surface area contributed by atoms with Crippen molar-refractivity contribution in [1.82, 2.24) is 9.97 Å². The van der Waals surface area contributed by atoms with Crippen LogP contribution in [0, 0.1) is 17.0 Å². The van der Waals surface area contributed by atoms with Gasteiger partial charge in [0.15, 0.2) is 0 Å². The van der Waals surface area contributed by atoms with Crippen molar-refractivity contribution >= 4 is 17.3 Å². The maximum atomic E-state index is 10.5. The zero-order chi connectivity index (χ0) is 13.1. The summed E-state index contributed by atoms with van der Waals surface area (Å²) in [7, 11) is 0. The Balaban J connectivity index is 2.24. The summed E-state index contributed by atoms with van der Waals surface area (Å²) in [4.78, 5) is 17.7. The summed E-state index contributed by atoms with van der Waals surface area (Å²) in [5.74, 6) is 0.766. The topological polar surface area (TPSA) is 78.2 Å². The first-order chi connectivity index (χ1) is 8.58. The highest BCUT2D eigenvalue weighted by molar-refractivity contribution is 6.30. The molecule has 7 heteroatoms. The fraction of sp³-hybridized carbons (Fsp3) is 0.0909. The first-order valence-corrected chi connectivity index (χ1v) is 5.35. The second kappa shape index (κ2) is 4.97. The van der Waals surface area contributed by atoms with Gasteiger partial charge >= 0.3 is 0 Å². The van der Waals surface area contributed by atoms with Gasteiger partial charge in [-0.2, -0.15) is 0 Å². The Bertz CT molecular complexity index is 587. The molecule has 0 fully saturated rings. The normalized spacial score (nSPS) is 10.1. The van der Waals surface area contributed by atoms with Gasteiger partial charge < -0.3 is 4.74 Å². The smallest absolute Gasteiger partial charge is 0.287 e. The van der Waals surface area contributed by atoms with Crippen molar-refractivity contribution in [3.8, 4) is 11.6 Å². The van der Waals surface area contributed by atoms with Crippen molar-refractivity contribution < 1.29 is 9.66 Å². The molecule has 0 unspecified atom stereocenters. The zero-order valence-corrected chi connectivity index (χ0v) is 10.1. The molecule has 0 aliphatic carbocycles. The van der Waals surface area contributed by atoms with Gasteiger partial charge in [-0.25, -0.2) is 9.97 Å². The Kier molecular flexibility index (Phi) is 3.38. The van der Waals surface area contributed by atoms with Crippen LogP contribution in [-0.4, -0.2) is 14.9 Å². The number of pyridine rings is 2. The van der Waals surface area contributed by atoms with E-state index in [-0.39, 0.29) is 11.6 Å². The number of ether oxygens (including phenoxy) is 1. The minimum atomic E-state index is -0.522. The third kappa shape index (κ3) is 2.54. The number of halogens is 1. The molecule has 0 spiro atoms. The van der Waals surface area contributed by atoms with Gasteiger partial charge in [-0.15, -0.1) is 0 Å². The predicted octanol–water partition coefficient (Wildman–Crippen LogP) is 3.14. The van der Waals surface area contributed by atoms with Crippen LogP contribution in [0.2, 0.25) is 5.15 Å². The van der Waals surface area contributed by atoms with Gasteiger partial charge in [-0.05, 0) is 13.0 Å². The highest BCUT2D eigenvalue weighted by atomic mass is 35.5. The highest BCUT2D eigenvalue weighted by Gasteiger charge is 2.09. The summed E-state index contributed by atoms with van der Waals surface area (Å²) in [5, 5.41) is 10.8. The number of hydrogen-bond donors (Lipinski definition) is 0. The van der Waals surface area contributed by atoms with Gasteiger partial charge in [-0.1, -0.05) is 11.6 Å². The lowest BCUT2D eigenvalue weighted by Crippen LogP contribution is -1.93. The van der Waals surface area contributed by atoms with E-state index in [1.807, 2.05) is 0 Å². The van der Waals surface area contributed by atoms with E-state index in [9.17, 15) is 10.1 Å². The molecule has 0 atom stereocenters. The van der Waals surface area contributed by atoms with Gasteiger partial charge in [0.2, 0.25) is 5.88 Å². The van der Waals surface area contributed by atoms with Crippen LogP contribution in [0.3, 0.4) is 0 Å². The molecule has 0 bridgehead atoms. The Hall–Kier alpha value is -2.21. The van der Waals surface area contributed by atoms with E-state index in [1.54, 1.807) is 13.0 Å². The van der Waals surface area contributed by atoms with Gasteiger partial charge in [0.1, 0.15) is 17.1 Å². The number of nitro groups is 1. The minimum absolute atomic E-state index is 0.0909. The number of hydrogen-bond acceptors (Lipinski definition) is 5. The van der Waals surface area contributed by atoms with Crippen molar-refractivity contribution in [2.75, 3.05) is 0 Å².